The van der Waals surface area contributed by atoms with Gasteiger partial charge in [0.25, 0.3) is 0 Å². The fraction of sp³-hybridized carbons (Fsp3) is 0.147. The van der Waals surface area contributed by atoms with Crippen molar-refractivity contribution in [2.75, 3.05) is 11.9 Å². The standard InChI is InChI=1S/C34H27F3N2O4/c1-2-43-33(42)32(41)23-16-14-21(15-17-23)19-38-25-11-6-10-24(18-25)29-26-12-7-13-28(34(35,36)37)30(26)39-20-27(29)31(40)22-8-4-3-5-9-22/h3-18,20,32,38,41H,2,19H2,1H3. The molecule has 0 radical (unpaired) electrons. The fourth-order valence-electron chi connectivity index (χ4n) is 4.84. The lowest BCUT2D eigenvalue weighted by Gasteiger charge is -2.17. The number of fused-ring (bicyclic) bond motifs is 1. The van der Waals surface area contributed by atoms with Crippen molar-refractivity contribution in [1.82, 2.24) is 4.98 Å². The monoisotopic (exact) mass is 584 g/mol. The van der Waals surface area contributed by atoms with E-state index >= 15 is 0 Å². The Labute approximate surface area is 245 Å². The zero-order valence-electron chi connectivity index (χ0n) is 23.1. The first kappa shape index (κ1) is 29.5. The number of ketones is 1. The lowest BCUT2D eigenvalue weighted by Crippen LogP contribution is -2.15. The molecule has 9 heteroatoms. The van der Waals surface area contributed by atoms with E-state index in [-0.39, 0.29) is 28.9 Å². The van der Waals surface area contributed by atoms with Crippen LogP contribution in [-0.2, 0) is 22.3 Å². The van der Waals surface area contributed by atoms with Gasteiger partial charge in [0.05, 0.1) is 17.7 Å². The third-order valence-electron chi connectivity index (χ3n) is 6.94. The summed E-state index contributed by atoms with van der Waals surface area (Å²) in [6, 6.07) is 26.2. The molecule has 1 heterocycles. The Bertz CT molecular complexity index is 1770. The number of aliphatic hydroxyl groups is 1. The zero-order valence-corrected chi connectivity index (χ0v) is 23.1. The molecule has 0 saturated heterocycles. The number of hydrogen-bond acceptors (Lipinski definition) is 6. The van der Waals surface area contributed by atoms with Crippen LogP contribution in [0.15, 0.2) is 103 Å². The summed E-state index contributed by atoms with van der Waals surface area (Å²) in [6.45, 7) is 2.20. The molecule has 0 aliphatic heterocycles. The Balaban J connectivity index is 1.50. The average molecular weight is 585 g/mol. The highest BCUT2D eigenvalue weighted by Gasteiger charge is 2.34. The number of rotatable bonds is 9. The first-order chi connectivity index (χ1) is 20.7. The maximum atomic E-state index is 13.9. The normalized spacial score (nSPS) is 12.1. The topological polar surface area (TPSA) is 88.5 Å². The molecule has 1 atom stereocenters. The minimum Gasteiger partial charge on any atom is -0.464 e. The third-order valence-corrected chi connectivity index (χ3v) is 6.94. The van der Waals surface area contributed by atoms with E-state index < -0.39 is 23.8 Å². The lowest BCUT2D eigenvalue weighted by atomic mass is 9.91. The predicted octanol–water partition coefficient (Wildman–Crippen LogP) is 7.36. The number of carbonyl (C=O) groups is 2. The van der Waals surface area contributed by atoms with Gasteiger partial charge in [-0.1, -0.05) is 78.9 Å². The number of alkyl halides is 3. The molecule has 1 aromatic heterocycles. The number of nitrogens with one attached hydrogen (secondary N) is 1. The molecule has 43 heavy (non-hydrogen) atoms. The molecule has 0 bridgehead atoms. The van der Waals surface area contributed by atoms with Crippen LogP contribution in [0.5, 0.6) is 0 Å². The van der Waals surface area contributed by atoms with Gasteiger partial charge >= 0.3 is 12.1 Å². The number of para-hydroxylation sites is 1. The summed E-state index contributed by atoms with van der Waals surface area (Å²) in [5, 5.41) is 13.7. The van der Waals surface area contributed by atoms with E-state index in [0.717, 1.165) is 11.6 Å². The molecule has 0 saturated carbocycles. The van der Waals surface area contributed by atoms with Crippen LogP contribution in [-0.4, -0.2) is 28.4 Å². The summed E-state index contributed by atoms with van der Waals surface area (Å²) >= 11 is 0. The van der Waals surface area contributed by atoms with Crippen LogP contribution in [0, 0.1) is 0 Å². The van der Waals surface area contributed by atoms with Gasteiger partial charge in [-0.2, -0.15) is 13.2 Å². The number of pyridine rings is 1. The number of nitrogens with zero attached hydrogens (tertiary/aromatic N) is 1. The van der Waals surface area contributed by atoms with Gasteiger partial charge in [0.15, 0.2) is 11.9 Å². The molecule has 6 nitrogen and oxygen atoms in total. The number of hydrogen-bond donors (Lipinski definition) is 2. The van der Waals surface area contributed by atoms with Gasteiger partial charge in [0, 0.05) is 40.5 Å². The Morgan fingerprint density at radius 2 is 1.65 bits per heavy atom. The molecule has 5 rings (SSSR count). The summed E-state index contributed by atoms with van der Waals surface area (Å²) in [5.41, 5.74) is 2.29. The Morgan fingerprint density at radius 1 is 0.930 bits per heavy atom. The highest BCUT2D eigenvalue weighted by Crippen LogP contribution is 2.39. The highest BCUT2D eigenvalue weighted by molar-refractivity contribution is 6.16. The Morgan fingerprint density at radius 3 is 2.35 bits per heavy atom. The summed E-state index contributed by atoms with van der Waals surface area (Å²) in [5.74, 6) is -1.08. The summed E-state index contributed by atoms with van der Waals surface area (Å²) < 4.78 is 46.5. The van der Waals surface area contributed by atoms with Crippen molar-refractivity contribution in [3.63, 3.8) is 0 Å². The highest BCUT2D eigenvalue weighted by atomic mass is 19.4. The van der Waals surface area contributed by atoms with Crippen LogP contribution in [0.25, 0.3) is 22.0 Å². The second-order valence-electron chi connectivity index (χ2n) is 9.77. The number of carbonyl (C=O) groups excluding carboxylic acids is 2. The smallest absolute Gasteiger partial charge is 0.418 e. The lowest BCUT2D eigenvalue weighted by molar-refractivity contribution is -0.153. The SMILES string of the molecule is CCOC(=O)C(O)c1ccc(CNc2cccc(-c3c(C(=O)c4ccccc4)cnc4c(C(F)(F)F)cccc34)c2)cc1. The van der Waals surface area contributed by atoms with Crippen LogP contribution < -0.4 is 5.32 Å². The number of esters is 1. The number of halogens is 3. The summed E-state index contributed by atoms with van der Waals surface area (Å²) in [4.78, 5) is 29.5. The molecule has 5 aromatic rings. The van der Waals surface area contributed by atoms with Crippen LogP contribution in [0.3, 0.4) is 0 Å². The van der Waals surface area contributed by atoms with Gasteiger partial charge in [0.1, 0.15) is 0 Å². The molecule has 2 N–H and O–H groups in total. The minimum atomic E-state index is -4.62. The van der Waals surface area contributed by atoms with E-state index in [1.807, 2.05) is 6.07 Å². The molecule has 4 aromatic carbocycles. The van der Waals surface area contributed by atoms with Gasteiger partial charge in [-0.15, -0.1) is 0 Å². The van der Waals surface area contributed by atoms with Crippen molar-refractivity contribution in [2.45, 2.75) is 25.7 Å². The van der Waals surface area contributed by atoms with Crippen LogP contribution in [0.2, 0.25) is 0 Å². The fourth-order valence-corrected chi connectivity index (χ4v) is 4.84. The summed E-state index contributed by atoms with van der Waals surface area (Å²) in [6.07, 6.45) is -4.78. The maximum Gasteiger partial charge on any atom is 0.418 e. The van der Waals surface area contributed by atoms with Crippen molar-refractivity contribution in [1.29, 1.82) is 0 Å². The van der Waals surface area contributed by atoms with E-state index in [4.69, 9.17) is 4.74 Å². The van der Waals surface area contributed by atoms with Crippen molar-refractivity contribution < 1.29 is 32.6 Å². The van der Waals surface area contributed by atoms with Crippen LogP contribution >= 0.6 is 0 Å². The van der Waals surface area contributed by atoms with E-state index in [1.165, 1.54) is 12.3 Å². The zero-order chi connectivity index (χ0) is 30.6. The molecule has 0 spiro atoms. The van der Waals surface area contributed by atoms with Crippen molar-refractivity contribution in [2.24, 2.45) is 0 Å². The maximum absolute atomic E-state index is 13.9. The van der Waals surface area contributed by atoms with Gasteiger partial charge in [-0.05, 0) is 41.8 Å². The van der Waals surface area contributed by atoms with Crippen LogP contribution in [0.1, 0.15) is 45.6 Å². The van der Waals surface area contributed by atoms with E-state index in [2.05, 4.69) is 10.3 Å². The molecule has 218 valence electrons. The Hall–Kier alpha value is -5.02. The van der Waals surface area contributed by atoms with Crippen molar-refractivity contribution in [3.05, 3.63) is 131 Å². The van der Waals surface area contributed by atoms with Crippen molar-refractivity contribution >= 4 is 28.3 Å². The predicted molar refractivity (Wildman–Crippen MR) is 157 cm³/mol. The molecule has 0 fully saturated rings. The molecule has 1 unspecified atom stereocenters. The number of ether oxygens (including phenoxy) is 1. The van der Waals surface area contributed by atoms with Crippen LogP contribution in [0.4, 0.5) is 18.9 Å². The van der Waals surface area contributed by atoms with E-state index in [0.29, 0.717) is 34.5 Å². The van der Waals surface area contributed by atoms with Gasteiger partial charge in [0.2, 0.25) is 0 Å². The quantitative estimate of drug-likeness (QED) is 0.139. The van der Waals surface area contributed by atoms with Gasteiger partial charge in [-0.3, -0.25) is 9.78 Å². The molecule has 0 aliphatic carbocycles. The molecular formula is C34H27F3N2O4. The van der Waals surface area contributed by atoms with Crippen molar-refractivity contribution in [3.8, 4) is 11.1 Å². The first-order valence-electron chi connectivity index (χ1n) is 13.5. The largest absolute Gasteiger partial charge is 0.464 e. The molecular weight excluding hydrogens is 557 g/mol. The van der Waals surface area contributed by atoms with Gasteiger partial charge < -0.3 is 15.2 Å². The first-order valence-corrected chi connectivity index (χ1v) is 13.5. The second-order valence-corrected chi connectivity index (χ2v) is 9.77. The second kappa shape index (κ2) is 12.5. The number of aliphatic hydroxyl groups excluding tert-OH is 1. The average Bonchev–Trinajstić information content (AvgIpc) is 3.02. The molecule has 0 amide bonds. The van der Waals surface area contributed by atoms with E-state index in [9.17, 15) is 27.9 Å². The Kier molecular flexibility index (Phi) is 8.54. The number of benzene rings is 4. The minimum absolute atomic E-state index is 0.164. The number of anilines is 1. The van der Waals surface area contributed by atoms with E-state index in [1.54, 1.807) is 85.8 Å². The summed E-state index contributed by atoms with van der Waals surface area (Å²) in [7, 11) is 0. The number of aromatic nitrogens is 1. The molecule has 0 aliphatic rings. The third kappa shape index (κ3) is 6.42. The van der Waals surface area contributed by atoms with Gasteiger partial charge in [-0.25, -0.2) is 4.79 Å².